The number of nitrogens with two attached hydrogens (primary N) is 1. The molecule has 0 unspecified atom stereocenters. The number of aryl methyl sites for hydroxylation is 1. The van der Waals surface area contributed by atoms with Crippen molar-refractivity contribution < 1.29 is 0 Å². The summed E-state index contributed by atoms with van der Waals surface area (Å²) in [5.41, 5.74) is 6.85. The molecule has 0 aliphatic heterocycles. The zero-order valence-corrected chi connectivity index (χ0v) is 15.0. The molecule has 120 valence electrons. The van der Waals surface area contributed by atoms with Crippen LogP contribution < -0.4 is 11.1 Å². The number of nitrogens with zero attached hydrogens (tertiary/aromatic N) is 5. The monoisotopic (exact) mass is 415 g/mol. The molecule has 0 spiro atoms. The predicted octanol–water partition coefficient (Wildman–Crippen LogP) is 1.00. The predicted molar refractivity (Wildman–Crippen MR) is 97.2 cm³/mol. The maximum atomic E-state index is 5.83. The molecule has 0 aromatic carbocycles. The van der Waals surface area contributed by atoms with Crippen molar-refractivity contribution in [2.75, 3.05) is 13.1 Å². The first kappa shape index (κ1) is 18.3. The number of nitrogens with one attached hydrogen (secondary N) is 1. The molecule has 0 fully saturated rings. The minimum absolute atomic E-state index is 0. The van der Waals surface area contributed by atoms with Gasteiger partial charge in [0.05, 0.1) is 0 Å². The molecule has 2 heterocycles. The van der Waals surface area contributed by atoms with Crippen LogP contribution in [-0.2, 0) is 19.4 Å². The summed E-state index contributed by atoms with van der Waals surface area (Å²) < 4.78 is 2.01. The van der Waals surface area contributed by atoms with Crippen molar-refractivity contribution in [3.8, 4) is 0 Å². The first-order valence-electron chi connectivity index (χ1n) is 7.10. The van der Waals surface area contributed by atoms with E-state index in [-0.39, 0.29) is 24.0 Å². The van der Waals surface area contributed by atoms with E-state index in [9.17, 15) is 0 Å². The fraction of sp³-hybridized carbons (Fsp3) is 0.429. The summed E-state index contributed by atoms with van der Waals surface area (Å²) in [6.07, 6.45) is 5.17. The van der Waals surface area contributed by atoms with Gasteiger partial charge < -0.3 is 15.6 Å². The first-order valence-corrected chi connectivity index (χ1v) is 7.10. The van der Waals surface area contributed by atoms with E-state index in [4.69, 9.17) is 5.73 Å². The number of hydrogen-bond acceptors (Lipinski definition) is 4. The average Bonchev–Trinajstić information content (AvgIpc) is 2.96. The fourth-order valence-corrected chi connectivity index (χ4v) is 1.94. The Morgan fingerprint density at radius 1 is 1.41 bits per heavy atom. The zero-order chi connectivity index (χ0) is 14.9. The van der Waals surface area contributed by atoms with Gasteiger partial charge in [0.25, 0.3) is 0 Å². The molecule has 0 amide bonds. The number of guanidine groups is 1. The molecule has 0 saturated heterocycles. The quantitative estimate of drug-likeness (QED) is 0.400. The summed E-state index contributed by atoms with van der Waals surface area (Å²) in [5, 5.41) is 11.0. The lowest BCUT2D eigenvalue weighted by atomic mass is 10.3. The number of aliphatic imine (C=N–C) groups is 1. The Morgan fingerprint density at radius 3 is 3.00 bits per heavy atom. The number of aromatic nitrogens is 4. The van der Waals surface area contributed by atoms with Crippen LogP contribution in [0, 0.1) is 0 Å². The Labute approximate surface area is 147 Å². The third kappa shape index (κ3) is 5.96. The molecule has 8 heteroatoms. The van der Waals surface area contributed by atoms with E-state index in [1.807, 2.05) is 22.8 Å². The van der Waals surface area contributed by atoms with Crippen LogP contribution in [-0.4, -0.2) is 38.8 Å². The van der Waals surface area contributed by atoms with Gasteiger partial charge in [0, 0.05) is 44.4 Å². The van der Waals surface area contributed by atoms with E-state index >= 15 is 0 Å². The van der Waals surface area contributed by atoms with Crippen LogP contribution in [0.2, 0.25) is 0 Å². The highest BCUT2D eigenvalue weighted by Crippen LogP contribution is 1.95. The highest BCUT2D eigenvalue weighted by Gasteiger charge is 2.00. The highest BCUT2D eigenvalue weighted by atomic mass is 127. The second kappa shape index (κ2) is 10.1. The van der Waals surface area contributed by atoms with Crippen molar-refractivity contribution in [2.24, 2.45) is 10.7 Å². The molecule has 0 radical (unpaired) electrons. The second-order valence-electron chi connectivity index (χ2n) is 4.56. The van der Waals surface area contributed by atoms with Gasteiger partial charge in [0.2, 0.25) is 0 Å². The molecule has 0 aliphatic rings. The Morgan fingerprint density at radius 2 is 2.27 bits per heavy atom. The van der Waals surface area contributed by atoms with Crippen LogP contribution in [0.5, 0.6) is 0 Å². The maximum Gasteiger partial charge on any atom is 0.188 e. The molecular weight excluding hydrogens is 393 g/mol. The van der Waals surface area contributed by atoms with Gasteiger partial charge in [-0.3, -0.25) is 9.98 Å². The zero-order valence-electron chi connectivity index (χ0n) is 12.6. The van der Waals surface area contributed by atoms with E-state index in [2.05, 4.69) is 32.4 Å². The van der Waals surface area contributed by atoms with Gasteiger partial charge in [-0.25, -0.2) is 0 Å². The van der Waals surface area contributed by atoms with Gasteiger partial charge in [0.1, 0.15) is 12.2 Å². The molecule has 2 aromatic heterocycles. The summed E-state index contributed by atoms with van der Waals surface area (Å²) in [4.78, 5) is 8.53. The Balaban J connectivity index is 0.00000242. The minimum atomic E-state index is 0. The van der Waals surface area contributed by atoms with Gasteiger partial charge in [-0.2, -0.15) is 0 Å². The van der Waals surface area contributed by atoms with E-state index in [1.54, 1.807) is 12.5 Å². The van der Waals surface area contributed by atoms with Crippen molar-refractivity contribution in [2.45, 2.75) is 26.3 Å². The molecule has 22 heavy (non-hydrogen) atoms. The van der Waals surface area contributed by atoms with Gasteiger partial charge >= 0.3 is 0 Å². The normalized spacial score (nSPS) is 11.0. The molecular formula is C14H22IN7. The molecule has 2 rings (SSSR count). The van der Waals surface area contributed by atoms with Crippen LogP contribution in [0.1, 0.15) is 18.4 Å². The minimum Gasteiger partial charge on any atom is -0.370 e. The van der Waals surface area contributed by atoms with Crippen molar-refractivity contribution in [1.29, 1.82) is 0 Å². The molecule has 0 atom stereocenters. The topological polar surface area (TPSA) is 94.0 Å². The van der Waals surface area contributed by atoms with E-state index in [0.29, 0.717) is 19.0 Å². The largest absolute Gasteiger partial charge is 0.370 e. The third-order valence-electron chi connectivity index (χ3n) is 3.05. The fourth-order valence-electron chi connectivity index (χ4n) is 1.94. The van der Waals surface area contributed by atoms with Gasteiger partial charge in [-0.05, 0) is 12.1 Å². The summed E-state index contributed by atoms with van der Waals surface area (Å²) in [5.74, 6) is 1.43. The van der Waals surface area contributed by atoms with Crippen molar-refractivity contribution >= 4 is 29.9 Å². The maximum absolute atomic E-state index is 5.83. The smallest absolute Gasteiger partial charge is 0.188 e. The average molecular weight is 415 g/mol. The summed E-state index contributed by atoms with van der Waals surface area (Å²) in [6.45, 7) is 4.15. The lowest BCUT2D eigenvalue weighted by molar-refractivity contribution is 0.638. The van der Waals surface area contributed by atoms with Crippen molar-refractivity contribution in [3.63, 3.8) is 0 Å². The number of halogens is 1. The first-order chi connectivity index (χ1) is 10.3. The molecule has 7 nitrogen and oxygen atoms in total. The summed E-state index contributed by atoms with van der Waals surface area (Å²) in [7, 11) is 0. The Bertz CT molecular complexity index is 568. The Hall–Kier alpha value is -1.71. The SMILES string of the molecule is CCc1nncn1CCNC(N)=NCCc1ccccn1.I. The molecule has 2 aromatic rings. The Kier molecular flexibility index (Phi) is 8.41. The van der Waals surface area contributed by atoms with Gasteiger partial charge in [0.15, 0.2) is 5.96 Å². The van der Waals surface area contributed by atoms with Crippen LogP contribution in [0.4, 0.5) is 0 Å². The second-order valence-corrected chi connectivity index (χ2v) is 4.56. The van der Waals surface area contributed by atoms with Crippen molar-refractivity contribution in [1.82, 2.24) is 25.1 Å². The number of hydrogen-bond donors (Lipinski definition) is 2. The molecule has 0 saturated carbocycles. The molecule has 0 aliphatic carbocycles. The van der Waals surface area contributed by atoms with Crippen molar-refractivity contribution in [3.05, 3.63) is 42.2 Å². The highest BCUT2D eigenvalue weighted by molar-refractivity contribution is 14.0. The summed E-state index contributed by atoms with van der Waals surface area (Å²) >= 11 is 0. The van der Waals surface area contributed by atoms with Gasteiger partial charge in [-0.15, -0.1) is 34.2 Å². The van der Waals surface area contributed by atoms with E-state index in [0.717, 1.165) is 30.9 Å². The third-order valence-corrected chi connectivity index (χ3v) is 3.05. The summed E-state index contributed by atoms with van der Waals surface area (Å²) in [6, 6.07) is 5.85. The molecule has 3 N–H and O–H groups in total. The lowest BCUT2D eigenvalue weighted by Crippen LogP contribution is -2.34. The van der Waals surface area contributed by atoms with Gasteiger partial charge in [-0.1, -0.05) is 13.0 Å². The van der Waals surface area contributed by atoms with Crippen LogP contribution in [0.15, 0.2) is 35.7 Å². The standard InChI is InChI=1S/C14H21N7.HI/c1-2-13-20-19-11-21(13)10-9-18-14(15)17-8-6-12-5-3-4-7-16-12;/h3-5,7,11H,2,6,8-10H2,1H3,(H3,15,17,18);1H. The lowest BCUT2D eigenvalue weighted by Gasteiger charge is -2.07. The number of pyridine rings is 1. The molecule has 0 bridgehead atoms. The van der Waals surface area contributed by atoms with Crippen LogP contribution in [0.3, 0.4) is 0 Å². The van der Waals surface area contributed by atoms with Crippen LogP contribution >= 0.6 is 24.0 Å². The van der Waals surface area contributed by atoms with E-state index in [1.165, 1.54) is 0 Å². The van der Waals surface area contributed by atoms with E-state index < -0.39 is 0 Å². The number of rotatable bonds is 7. The van der Waals surface area contributed by atoms with Crippen LogP contribution in [0.25, 0.3) is 0 Å².